The predicted molar refractivity (Wildman–Crippen MR) is 82.0 cm³/mol. The average Bonchev–Trinajstić information content (AvgIpc) is 2.43. The topological polar surface area (TPSA) is 15.3 Å². The van der Waals surface area contributed by atoms with Crippen LogP contribution in [0, 0.1) is 11.7 Å². The van der Waals surface area contributed by atoms with E-state index in [9.17, 15) is 4.39 Å². The van der Waals surface area contributed by atoms with Crippen molar-refractivity contribution in [2.75, 3.05) is 25.0 Å². The molecule has 19 heavy (non-hydrogen) atoms. The minimum Gasteiger partial charge on any atom is -0.380 e. The Morgan fingerprint density at radius 2 is 2.32 bits per heavy atom. The number of hydrogen-bond acceptors (Lipinski definition) is 2. The summed E-state index contributed by atoms with van der Waals surface area (Å²) in [7, 11) is 0. The van der Waals surface area contributed by atoms with Crippen LogP contribution in [0.4, 0.5) is 10.1 Å². The zero-order valence-corrected chi connectivity index (χ0v) is 13.2. The predicted octanol–water partition coefficient (Wildman–Crippen LogP) is 4.12. The molecule has 106 valence electrons. The van der Waals surface area contributed by atoms with Gasteiger partial charge in [-0.05, 0) is 57.0 Å². The lowest BCUT2D eigenvalue weighted by Crippen LogP contribution is -2.41. The van der Waals surface area contributed by atoms with E-state index < -0.39 is 0 Å². The van der Waals surface area contributed by atoms with Crippen molar-refractivity contribution < 1.29 is 4.39 Å². The minimum atomic E-state index is -0.182. The molecule has 0 aliphatic carbocycles. The van der Waals surface area contributed by atoms with Crippen LogP contribution in [0.15, 0.2) is 22.7 Å². The lowest BCUT2D eigenvalue weighted by molar-refractivity contribution is 0.172. The van der Waals surface area contributed by atoms with E-state index in [1.165, 1.54) is 25.5 Å². The van der Waals surface area contributed by atoms with Crippen molar-refractivity contribution in [3.8, 4) is 0 Å². The van der Waals surface area contributed by atoms with E-state index in [4.69, 9.17) is 0 Å². The second-order valence-corrected chi connectivity index (χ2v) is 6.27. The average molecular weight is 329 g/mol. The molecular weight excluding hydrogens is 307 g/mol. The van der Waals surface area contributed by atoms with Crippen molar-refractivity contribution in [2.24, 2.45) is 5.92 Å². The Kier molecular flexibility index (Phi) is 5.22. The highest BCUT2D eigenvalue weighted by molar-refractivity contribution is 9.10. The highest BCUT2D eigenvalue weighted by atomic mass is 79.9. The fourth-order valence-electron chi connectivity index (χ4n) is 2.76. The van der Waals surface area contributed by atoms with Gasteiger partial charge in [-0.25, -0.2) is 4.39 Å². The Bertz CT molecular complexity index is 425. The van der Waals surface area contributed by atoms with Crippen molar-refractivity contribution >= 4 is 21.6 Å². The molecule has 0 aromatic heterocycles. The van der Waals surface area contributed by atoms with Crippen LogP contribution >= 0.6 is 15.9 Å². The number of halogens is 2. The third kappa shape index (κ3) is 3.93. The number of benzene rings is 1. The Morgan fingerprint density at radius 1 is 1.53 bits per heavy atom. The van der Waals surface area contributed by atoms with Crippen molar-refractivity contribution in [3.63, 3.8) is 0 Å². The smallest absolute Gasteiger partial charge is 0.146 e. The maximum absolute atomic E-state index is 13.7. The van der Waals surface area contributed by atoms with Gasteiger partial charge in [0.1, 0.15) is 5.82 Å². The molecule has 2 rings (SSSR count). The minimum absolute atomic E-state index is 0.182. The number of piperidine rings is 1. The third-order valence-corrected chi connectivity index (χ3v) is 4.50. The van der Waals surface area contributed by atoms with Crippen LogP contribution in [0.2, 0.25) is 0 Å². The van der Waals surface area contributed by atoms with Crippen LogP contribution in [0.25, 0.3) is 0 Å². The molecule has 4 heteroatoms. The van der Waals surface area contributed by atoms with Gasteiger partial charge >= 0.3 is 0 Å². The van der Waals surface area contributed by atoms with Crippen molar-refractivity contribution in [1.82, 2.24) is 4.90 Å². The monoisotopic (exact) mass is 328 g/mol. The van der Waals surface area contributed by atoms with Gasteiger partial charge in [-0.2, -0.15) is 0 Å². The van der Waals surface area contributed by atoms with Crippen LogP contribution in [0.3, 0.4) is 0 Å². The molecular formula is C15H22BrFN2. The number of likely N-dealkylation sites (tertiary alicyclic amines) is 1. The molecule has 1 aromatic rings. The Morgan fingerprint density at radius 3 is 3.05 bits per heavy atom. The molecule has 1 aliphatic heterocycles. The first-order valence-corrected chi connectivity index (χ1v) is 7.83. The molecule has 2 nitrogen and oxygen atoms in total. The van der Waals surface area contributed by atoms with Crippen LogP contribution in [-0.4, -0.2) is 30.6 Å². The van der Waals surface area contributed by atoms with Crippen LogP contribution in [0.1, 0.15) is 26.7 Å². The summed E-state index contributed by atoms with van der Waals surface area (Å²) in [4.78, 5) is 2.48. The summed E-state index contributed by atoms with van der Waals surface area (Å²) in [5, 5.41) is 3.33. The van der Waals surface area contributed by atoms with E-state index in [-0.39, 0.29) is 11.9 Å². The number of nitrogens with one attached hydrogen (secondary N) is 1. The summed E-state index contributed by atoms with van der Waals surface area (Å²) in [6, 6.07) is 5.33. The summed E-state index contributed by atoms with van der Waals surface area (Å²) < 4.78 is 14.7. The number of rotatable bonds is 4. The van der Waals surface area contributed by atoms with Gasteiger partial charge < -0.3 is 10.2 Å². The molecule has 0 saturated carbocycles. The highest BCUT2D eigenvalue weighted by Crippen LogP contribution is 2.25. The largest absolute Gasteiger partial charge is 0.380 e. The lowest BCUT2D eigenvalue weighted by Gasteiger charge is -2.35. The first-order chi connectivity index (χ1) is 9.10. The Balaban J connectivity index is 2.00. The summed E-state index contributed by atoms with van der Waals surface area (Å²) >= 11 is 3.39. The Hall–Kier alpha value is -0.610. The SMILES string of the molecule is CCN1CCCC(C(C)Nc2cc(Br)ccc2F)C1. The quantitative estimate of drug-likeness (QED) is 0.894. The molecule has 1 fully saturated rings. The summed E-state index contributed by atoms with van der Waals surface area (Å²) in [5.74, 6) is 0.408. The molecule has 0 bridgehead atoms. The molecule has 2 unspecified atom stereocenters. The summed E-state index contributed by atoms with van der Waals surface area (Å²) in [6.07, 6.45) is 2.46. The molecule has 1 heterocycles. The van der Waals surface area contributed by atoms with Crippen LogP contribution in [0.5, 0.6) is 0 Å². The number of nitrogens with zero attached hydrogens (tertiary/aromatic N) is 1. The van der Waals surface area contributed by atoms with Gasteiger partial charge in [-0.1, -0.05) is 22.9 Å². The van der Waals surface area contributed by atoms with E-state index in [2.05, 4.69) is 40.0 Å². The van der Waals surface area contributed by atoms with Crippen LogP contribution in [-0.2, 0) is 0 Å². The maximum Gasteiger partial charge on any atom is 0.146 e. The van der Waals surface area contributed by atoms with E-state index in [0.717, 1.165) is 17.6 Å². The third-order valence-electron chi connectivity index (χ3n) is 4.01. The molecule has 1 aliphatic rings. The zero-order chi connectivity index (χ0) is 13.8. The summed E-state index contributed by atoms with van der Waals surface area (Å²) in [5.41, 5.74) is 0.593. The van der Waals surface area contributed by atoms with E-state index in [1.807, 2.05) is 6.07 Å². The molecule has 1 aromatic carbocycles. The first kappa shape index (κ1) is 14.8. The molecule has 0 amide bonds. The van der Waals surface area contributed by atoms with Crippen molar-refractivity contribution in [2.45, 2.75) is 32.7 Å². The molecule has 0 spiro atoms. The molecule has 1 saturated heterocycles. The van der Waals surface area contributed by atoms with Gasteiger partial charge in [-0.15, -0.1) is 0 Å². The molecule has 0 radical (unpaired) electrons. The van der Waals surface area contributed by atoms with E-state index in [1.54, 1.807) is 6.07 Å². The first-order valence-electron chi connectivity index (χ1n) is 7.04. The van der Waals surface area contributed by atoms with Crippen LogP contribution < -0.4 is 5.32 Å². The standard InChI is InChI=1S/C15H22BrFN2/c1-3-19-8-4-5-12(10-19)11(2)18-15-9-13(16)6-7-14(15)17/h6-7,9,11-12,18H,3-5,8,10H2,1-2H3. The van der Waals surface area contributed by atoms with Gasteiger partial charge in [0.05, 0.1) is 5.69 Å². The van der Waals surface area contributed by atoms with E-state index >= 15 is 0 Å². The van der Waals surface area contributed by atoms with Gasteiger partial charge in [-0.3, -0.25) is 0 Å². The normalized spacial score (nSPS) is 22.2. The van der Waals surface area contributed by atoms with Gasteiger partial charge in [0, 0.05) is 17.1 Å². The molecule has 1 N–H and O–H groups in total. The van der Waals surface area contributed by atoms with Crippen molar-refractivity contribution in [1.29, 1.82) is 0 Å². The Labute approximate surface area is 123 Å². The van der Waals surface area contributed by atoms with Gasteiger partial charge in [0.15, 0.2) is 0 Å². The fourth-order valence-corrected chi connectivity index (χ4v) is 3.12. The lowest BCUT2D eigenvalue weighted by atomic mass is 9.91. The number of anilines is 1. The maximum atomic E-state index is 13.7. The number of hydrogen-bond donors (Lipinski definition) is 1. The fraction of sp³-hybridized carbons (Fsp3) is 0.600. The molecule has 2 atom stereocenters. The summed E-state index contributed by atoms with van der Waals surface area (Å²) in [6.45, 7) is 7.78. The highest BCUT2D eigenvalue weighted by Gasteiger charge is 2.24. The van der Waals surface area contributed by atoms with Gasteiger partial charge in [0.2, 0.25) is 0 Å². The second kappa shape index (κ2) is 6.71. The van der Waals surface area contributed by atoms with Crippen molar-refractivity contribution in [3.05, 3.63) is 28.5 Å². The zero-order valence-electron chi connectivity index (χ0n) is 11.6. The van der Waals surface area contributed by atoms with Gasteiger partial charge in [0.25, 0.3) is 0 Å². The van der Waals surface area contributed by atoms with E-state index in [0.29, 0.717) is 11.6 Å². The second-order valence-electron chi connectivity index (χ2n) is 5.35.